The Bertz CT molecular complexity index is 244. The molecule has 0 bridgehead atoms. The normalized spacial score (nSPS) is 9.00. The Labute approximate surface area is 81.4 Å². The molecule has 2 heteroatoms. The molecule has 0 aromatic carbocycles. The summed E-state index contributed by atoms with van der Waals surface area (Å²) in [6, 6.07) is 0. The van der Waals surface area contributed by atoms with Gasteiger partial charge in [-0.1, -0.05) is 13.8 Å². The largest absolute Gasteiger partial charge is 0.316 e. The van der Waals surface area contributed by atoms with Crippen molar-refractivity contribution in [1.82, 2.24) is 10.3 Å². The fourth-order valence-electron chi connectivity index (χ4n) is 1.05. The number of rotatable bonds is 2. The van der Waals surface area contributed by atoms with Crippen LogP contribution in [0.25, 0.3) is 0 Å². The summed E-state index contributed by atoms with van der Waals surface area (Å²) in [6.07, 6.45) is 3.81. The first kappa shape index (κ1) is 12.1. The molecule has 0 saturated heterocycles. The van der Waals surface area contributed by atoms with Crippen LogP contribution in [0.4, 0.5) is 0 Å². The van der Waals surface area contributed by atoms with E-state index in [4.69, 9.17) is 0 Å². The average molecular weight is 180 g/mol. The number of aryl methyl sites for hydroxylation is 1. The molecule has 1 aromatic rings. The van der Waals surface area contributed by atoms with Crippen molar-refractivity contribution < 1.29 is 0 Å². The van der Waals surface area contributed by atoms with Gasteiger partial charge in [-0.3, -0.25) is 4.98 Å². The monoisotopic (exact) mass is 180 g/mol. The zero-order chi connectivity index (χ0) is 10.3. The number of pyridine rings is 1. The topological polar surface area (TPSA) is 24.9 Å². The van der Waals surface area contributed by atoms with Gasteiger partial charge in [0.1, 0.15) is 0 Å². The highest BCUT2D eigenvalue weighted by atomic mass is 14.8. The molecule has 1 rings (SSSR count). The van der Waals surface area contributed by atoms with Gasteiger partial charge in [-0.15, -0.1) is 0 Å². The molecular formula is C11H20N2. The zero-order valence-corrected chi connectivity index (χ0v) is 9.31. The lowest BCUT2D eigenvalue weighted by molar-refractivity contribution is 0.805. The molecule has 0 atom stereocenters. The third kappa shape index (κ3) is 3.55. The average Bonchev–Trinajstić information content (AvgIpc) is 2.17. The molecule has 13 heavy (non-hydrogen) atoms. The lowest BCUT2D eigenvalue weighted by Gasteiger charge is -2.05. The second-order valence-electron chi connectivity index (χ2n) is 2.77. The zero-order valence-electron chi connectivity index (χ0n) is 9.31. The van der Waals surface area contributed by atoms with E-state index in [0.717, 1.165) is 6.54 Å². The molecule has 74 valence electrons. The van der Waals surface area contributed by atoms with Gasteiger partial charge < -0.3 is 5.32 Å². The summed E-state index contributed by atoms with van der Waals surface area (Å²) in [4.78, 5) is 4.12. The van der Waals surface area contributed by atoms with Crippen molar-refractivity contribution in [3.63, 3.8) is 0 Å². The Hall–Kier alpha value is -0.890. The Morgan fingerprint density at radius 1 is 1.23 bits per heavy atom. The van der Waals surface area contributed by atoms with E-state index in [2.05, 4.69) is 24.1 Å². The van der Waals surface area contributed by atoms with Gasteiger partial charge in [0.2, 0.25) is 0 Å². The van der Waals surface area contributed by atoms with E-state index < -0.39 is 0 Å². The van der Waals surface area contributed by atoms with Gasteiger partial charge in [0, 0.05) is 18.9 Å². The lowest BCUT2D eigenvalue weighted by atomic mass is 10.1. The van der Waals surface area contributed by atoms with E-state index in [9.17, 15) is 0 Å². The van der Waals surface area contributed by atoms with Gasteiger partial charge in [-0.05, 0) is 37.6 Å². The molecule has 0 radical (unpaired) electrons. The first-order valence-corrected chi connectivity index (χ1v) is 4.80. The molecule has 0 aliphatic carbocycles. The van der Waals surface area contributed by atoms with Gasteiger partial charge in [-0.2, -0.15) is 0 Å². The third-order valence-corrected chi connectivity index (χ3v) is 1.94. The lowest BCUT2D eigenvalue weighted by Crippen LogP contribution is -2.07. The molecule has 0 amide bonds. The van der Waals surface area contributed by atoms with E-state index in [1.165, 1.54) is 16.7 Å². The summed E-state index contributed by atoms with van der Waals surface area (Å²) in [5.41, 5.74) is 3.89. The second kappa shape index (κ2) is 6.61. The highest BCUT2D eigenvalue weighted by Gasteiger charge is 1.98. The molecule has 0 aliphatic rings. The number of nitrogens with zero attached hydrogens (tertiary/aromatic N) is 1. The van der Waals surface area contributed by atoms with Crippen LogP contribution in [-0.2, 0) is 6.54 Å². The maximum Gasteiger partial charge on any atom is 0.0315 e. The maximum atomic E-state index is 4.12. The summed E-state index contributed by atoms with van der Waals surface area (Å²) < 4.78 is 0. The number of nitrogens with one attached hydrogen (secondary N) is 1. The van der Waals surface area contributed by atoms with Crippen molar-refractivity contribution in [2.75, 3.05) is 7.05 Å². The molecule has 0 saturated carbocycles. The van der Waals surface area contributed by atoms with Crippen LogP contribution < -0.4 is 5.32 Å². The molecule has 0 unspecified atom stereocenters. The van der Waals surface area contributed by atoms with Crippen LogP contribution in [0.15, 0.2) is 12.4 Å². The minimum Gasteiger partial charge on any atom is -0.316 e. The minimum atomic E-state index is 0.903. The van der Waals surface area contributed by atoms with Crippen LogP contribution in [0.3, 0.4) is 0 Å². The van der Waals surface area contributed by atoms with Crippen LogP contribution in [0, 0.1) is 13.8 Å². The predicted octanol–water partition coefficient (Wildman–Crippen LogP) is 2.44. The van der Waals surface area contributed by atoms with Crippen LogP contribution in [0.1, 0.15) is 30.5 Å². The smallest absolute Gasteiger partial charge is 0.0315 e. The van der Waals surface area contributed by atoms with Gasteiger partial charge in [-0.25, -0.2) is 0 Å². The summed E-state index contributed by atoms with van der Waals surface area (Å²) >= 11 is 0. The van der Waals surface area contributed by atoms with Crippen molar-refractivity contribution in [2.24, 2.45) is 0 Å². The van der Waals surface area contributed by atoms with Crippen molar-refractivity contribution in [2.45, 2.75) is 34.2 Å². The molecule has 1 heterocycles. The SMILES string of the molecule is CC.CNCc1cncc(C)c1C. The fourth-order valence-corrected chi connectivity index (χ4v) is 1.05. The van der Waals surface area contributed by atoms with Crippen molar-refractivity contribution >= 4 is 0 Å². The fraction of sp³-hybridized carbons (Fsp3) is 0.545. The first-order chi connectivity index (χ1) is 6.25. The van der Waals surface area contributed by atoms with Crippen LogP contribution >= 0.6 is 0 Å². The van der Waals surface area contributed by atoms with E-state index in [0.29, 0.717) is 0 Å². The minimum absolute atomic E-state index is 0.903. The van der Waals surface area contributed by atoms with Gasteiger partial charge >= 0.3 is 0 Å². The van der Waals surface area contributed by atoms with Crippen LogP contribution in [0.5, 0.6) is 0 Å². The Balaban J connectivity index is 0.000000671. The van der Waals surface area contributed by atoms with Crippen LogP contribution in [0.2, 0.25) is 0 Å². The predicted molar refractivity (Wildman–Crippen MR) is 57.8 cm³/mol. The number of aromatic nitrogens is 1. The van der Waals surface area contributed by atoms with E-state index in [1.54, 1.807) is 0 Å². The van der Waals surface area contributed by atoms with Crippen LogP contribution in [-0.4, -0.2) is 12.0 Å². The van der Waals surface area contributed by atoms with Gasteiger partial charge in [0.25, 0.3) is 0 Å². The maximum absolute atomic E-state index is 4.12. The number of hydrogen-bond donors (Lipinski definition) is 1. The molecule has 1 N–H and O–H groups in total. The molecule has 0 spiro atoms. The third-order valence-electron chi connectivity index (χ3n) is 1.94. The Morgan fingerprint density at radius 2 is 1.85 bits per heavy atom. The summed E-state index contributed by atoms with van der Waals surface area (Å²) in [5, 5.41) is 3.11. The molecule has 0 fully saturated rings. The summed E-state index contributed by atoms with van der Waals surface area (Å²) in [5.74, 6) is 0. The van der Waals surface area contributed by atoms with E-state index >= 15 is 0 Å². The number of hydrogen-bond acceptors (Lipinski definition) is 2. The molecule has 0 aliphatic heterocycles. The highest BCUT2D eigenvalue weighted by molar-refractivity contribution is 5.28. The molecule has 2 nitrogen and oxygen atoms in total. The standard InChI is InChI=1S/C9H14N2.C2H6/c1-7-4-11-6-9(5-10-3)8(7)2;1-2/h4,6,10H,5H2,1-3H3;1-2H3. The Kier molecular flexibility index (Phi) is 6.15. The van der Waals surface area contributed by atoms with Crippen molar-refractivity contribution in [1.29, 1.82) is 0 Å². The van der Waals surface area contributed by atoms with Gasteiger partial charge in [0.05, 0.1) is 0 Å². The summed E-state index contributed by atoms with van der Waals surface area (Å²) in [7, 11) is 1.95. The second-order valence-corrected chi connectivity index (χ2v) is 2.77. The van der Waals surface area contributed by atoms with Crippen molar-refractivity contribution in [3.05, 3.63) is 29.1 Å². The quantitative estimate of drug-likeness (QED) is 0.756. The molecular weight excluding hydrogens is 160 g/mol. The molecule has 1 aromatic heterocycles. The summed E-state index contributed by atoms with van der Waals surface area (Å²) in [6.45, 7) is 9.12. The van der Waals surface area contributed by atoms with Gasteiger partial charge in [0.15, 0.2) is 0 Å². The highest BCUT2D eigenvalue weighted by Crippen LogP contribution is 2.09. The van der Waals surface area contributed by atoms with E-state index in [1.807, 2.05) is 33.3 Å². The van der Waals surface area contributed by atoms with Crippen molar-refractivity contribution in [3.8, 4) is 0 Å². The van der Waals surface area contributed by atoms with E-state index in [-0.39, 0.29) is 0 Å². The first-order valence-electron chi connectivity index (χ1n) is 4.80. The Morgan fingerprint density at radius 3 is 2.38 bits per heavy atom.